The van der Waals surface area contributed by atoms with Crippen LogP contribution in [0.1, 0.15) is 37.8 Å². The summed E-state index contributed by atoms with van der Waals surface area (Å²) in [6.07, 6.45) is 3.85. The summed E-state index contributed by atoms with van der Waals surface area (Å²) in [5.74, 6) is 0.697. The van der Waals surface area contributed by atoms with Crippen molar-refractivity contribution in [3.63, 3.8) is 0 Å². The quantitative estimate of drug-likeness (QED) is 0.471. The Morgan fingerprint density at radius 3 is 2.75 bits per heavy atom. The predicted octanol–water partition coefficient (Wildman–Crippen LogP) is 2.99. The first kappa shape index (κ1) is 24.0. The van der Waals surface area contributed by atoms with Gasteiger partial charge >= 0.3 is 11.6 Å². The van der Waals surface area contributed by atoms with E-state index in [1.807, 2.05) is 20.1 Å². The lowest BCUT2D eigenvalue weighted by Gasteiger charge is -2.33. The Labute approximate surface area is 191 Å². The van der Waals surface area contributed by atoms with Crippen molar-refractivity contribution in [2.45, 2.75) is 51.7 Å². The standard InChI is InChI=1S/C23H29NO7S/c1-13-10-19(26)30-21-14-6-8-23(2,3)31-16(14)11-17(20(13)21)29-12-18(25)24-15(7-9-32-5)22(27)28-4/h10-11,15H,6-9,12H2,1-5H3,(H,24,25). The van der Waals surface area contributed by atoms with E-state index in [1.165, 1.54) is 13.2 Å². The van der Waals surface area contributed by atoms with E-state index in [0.29, 0.717) is 46.6 Å². The average molecular weight is 464 g/mol. The lowest BCUT2D eigenvalue weighted by Crippen LogP contribution is -2.43. The number of nitrogens with one attached hydrogen (secondary N) is 1. The highest BCUT2D eigenvalue weighted by molar-refractivity contribution is 7.98. The monoisotopic (exact) mass is 463 g/mol. The number of fused-ring (bicyclic) bond motifs is 3. The summed E-state index contributed by atoms with van der Waals surface area (Å²) in [6, 6.07) is 2.39. The highest BCUT2D eigenvalue weighted by Crippen LogP contribution is 2.42. The normalized spacial score (nSPS) is 15.4. The summed E-state index contributed by atoms with van der Waals surface area (Å²) in [7, 11) is 1.29. The second-order valence-electron chi connectivity index (χ2n) is 8.38. The van der Waals surface area contributed by atoms with Crippen LogP contribution in [0.3, 0.4) is 0 Å². The number of amides is 1. The molecule has 1 N–H and O–H groups in total. The molecule has 1 aromatic heterocycles. The molecule has 0 spiro atoms. The van der Waals surface area contributed by atoms with Crippen LogP contribution in [0.15, 0.2) is 21.3 Å². The molecule has 1 amide bonds. The van der Waals surface area contributed by atoms with Crippen molar-refractivity contribution in [2.24, 2.45) is 0 Å². The van der Waals surface area contributed by atoms with Crippen molar-refractivity contribution in [1.82, 2.24) is 5.32 Å². The minimum absolute atomic E-state index is 0.317. The highest BCUT2D eigenvalue weighted by atomic mass is 32.2. The second kappa shape index (κ2) is 9.85. The number of benzene rings is 1. The Bertz CT molecular complexity index is 1080. The molecule has 1 aliphatic heterocycles. The maximum Gasteiger partial charge on any atom is 0.336 e. The molecule has 0 saturated carbocycles. The predicted molar refractivity (Wildman–Crippen MR) is 123 cm³/mol. The molecule has 3 rings (SSSR count). The maximum absolute atomic E-state index is 12.5. The Morgan fingerprint density at radius 2 is 2.06 bits per heavy atom. The van der Waals surface area contributed by atoms with E-state index in [0.717, 1.165) is 12.0 Å². The maximum atomic E-state index is 12.5. The van der Waals surface area contributed by atoms with Gasteiger partial charge in [-0.2, -0.15) is 11.8 Å². The van der Waals surface area contributed by atoms with Gasteiger partial charge in [-0.3, -0.25) is 4.79 Å². The van der Waals surface area contributed by atoms with Crippen molar-refractivity contribution in [3.8, 4) is 11.5 Å². The van der Waals surface area contributed by atoms with Crippen LogP contribution >= 0.6 is 11.8 Å². The van der Waals surface area contributed by atoms with E-state index >= 15 is 0 Å². The van der Waals surface area contributed by atoms with Gasteiger partial charge < -0.3 is 23.9 Å². The van der Waals surface area contributed by atoms with E-state index in [2.05, 4.69) is 5.32 Å². The molecule has 2 heterocycles. The third-order valence-electron chi connectivity index (χ3n) is 5.39. The molecule has 1 aliphatic rings. The van der Waals surface area contributed by atoms with Crippen molar-refractivity contribution in [2.75, 3.05) is 25.7 Å². The third-order valence-corrected chi connectivity index (χ3v) is 6.04. The lowest BCUT2D eigenvalue weighted by atomic mass is 9.92. The molecule has 32 heavy (non-hydrogen) atoms. The number of hydrogen-bond acceptors (Lipinski definition) is 8. The van der Waals surface area contributed by atoms with Gasteiger partial charge in [0.1, 0.15) is 28.7 Å². The Morgan fingerprint density at radius 1 is 1.31 bits per heavy atom. The Hall–Kier alpha value is -2.68. The van der Waals surface area contributed by atoms with Gasteiger partial charge in [0.2, 0.25) is 0 Å². The van der Waals surface area contributed by atoms with E-state index in [9.17, 15) is 14.4 Å². The molecule has 174 valence electrons. The van der Waals surface area contributed by atoms with Crippen LogP contribution in [0.5, 0.6) is 11.5 Å². The van der Waals surface area contributed by atoms with Crippen LogP contribution in [0.25, 0.3) is 11.0 Å². The van der Waals surface area contributed by atoms with Gasteiger partial charge in [-0.1, -0.05) is 0 Å². The Balaban J connectivity index is 1.88. The molecular weight excluding hydrogens is 434 g/mol. The van der Waals surface area contributed by atoms with Crippen LogP contribution < -0.4 is 20.4 Å². The number of hydrogen-bond donors (Lipinski definition) is 1. The molecule has 0 aliphatic carbocycles. The van der Waals surface area contributed by atoms with Crippen LogP contribution in [-0.2, 0) is 20.7 Å². The summed E-state index contributed by atoms with van der Waals surface area (Å²) < 4.78 is 22.3. The van der Waals surface area contributed by atoms with Crippen molar-refractivity contribution >= 4 is 34.6 Å². The van der Waals surface area contributed by atoms with Crippen molar-refractivity contribution in [1.29, 1.82) is 0 Å². The molecule has 9 heteroatoms. The van der Waals surface area contributed by atoms with Crippen LogP contribution in [0.4, 0.5) is 0 Å². The van der Waals surface area contributed by atoms with Crippen LogP contribution in [0, 0.1) is 6.92 Å². The topological polar surface area (TPSA) is 104 Å². The van der Waals surface area contributed by atoms with Gasteiger partial charge in [0, 0.05) is 17.7 Å². The SMILES string of the molecule is COC(=O)C(CCSC)NC(=O)COc1cc2c(c3oc(=O)cc(C)c13)CCC(C)(C)O2. The van der Waals surface area contributed by atoms with Crippen molar-refractivity contribution in [3.05, 3.63) is 33.7 Å². The zero-order chi connectivity index (χ0) is 23.5. The van der Waals surface area contributed by atoms with E-state index in [-0.39, 0.29) is 12.2 Å². The molecule has 1 atom stereocenters. The Kier molecular flexibility index (Phi) is 7.38. The number of carbonyl (C=O) groups excluding carboxylic acids is 2. The fourth-order valence-corrected chi connectivity index (χ4v) is 4.21. The number of rotatable bonds is 8. The number of carbonyl (C=O) groups is 2. The molecule has 0 saturated heterocycles. The van der Waals surface area contributed by atoms with E-state index < -0.39 is 23.5 Å². The van der Waals surface area contributed by atoms with Crippen LogP contribution in [0.2, 0.25) is 0 Å². The first-order chi connectivity index (χ1) is 15.1. The molecule has 0 radical (unpaired) electrons. The average Bonchev–Trinajstić information content (AvgIpc) is 2.72. The summed E-state index contributed by atoms with van der Waals surface area (Å²) >= 11 is 1.57. The van der Waals surface area contributed by atoms with Gasteiger partial charge in [0.25, 0.3) is 5.91 Å². The van der Waals surface area contributed by atoms with Gasteiger partial charge in [-0.15, -0.1) is 0 Å². The number of esters is 1. The first-order valence-electron chi connectivity index (χ1n) is 10.4. The van der Waals surface area contributed by atoms with Crippen molar-refractivity contribution < 1.29 is 28.2 Å². The molecular formula is C23H29NO7S. The lowest BCUT2D eigenvalue weighted by molar-refractivity contribution is -0.145. The second-order valence-corrected chi connectivity index (χ2v) is 9.36. The zero-order valence-corrected chi connectivity index (χ0v) is 19.9. The fraction of sp³-hybridized carbons (Fsp3) is 0.522. The molecule has 0 fully saturated rings. The van der Waals surface area contributed by atoms with E-state index in [4.69, 9.17) is 18.6 Å². The number of methoxy groups -OCH3 is 1. The van der Waals surface area contributed by atoms with Crippen LogP contribution in [-0.4, -0.2) is 49.2 Å². The smallest absolute Gasteiger partial charge is 0.336 e. The number of aryl methyl sites for hydroxylation is 2. The van der Waals surface area contributed by atoms with Gasteiger partial charge in [0.05, 0.1) is 12.5 Å². The minimum Gasteiger partial charge on any atom is -0.487 e. The molecule has 2 aromatic rings. The molecule has 8 nitrogen and oxygen atoms in total. The summed E-state index contributed by atoms with van der Waals surface area (Å²) in [5.41, 5.74) is 1.11. The third kappa shape index (κ3) is 5.38. The summed E-state index contributed by atoms with van der Waals surface area (Å²) in [6.45, 7) is 5.45. The summed E-state index contributed by atoms with van der Waals surface area (Å²) in [5, 5.41) is 3.29. The number of ether oxygens (including phenoxy) is 3. The van der Waals surface area contributed by atoms with Gasteiger partial charge in [0.15, 0.2) is 6.61 Å². The van der Waals surface area contributed by atoms with E-state index in [1.54, 1.807) is 24.8 Å². The largest absolute Gasteiger partial charge is 0.487 e. The number of thioether (sulfide) groups is 1. The minimum atomic E-state index is -0.743. The highest BCUT2D eigenvalue weighted by Gasteiger charge is 2.30. The van der Waals surface area contributed by atoms with Gasteiger partial charge in [-0.05, 0) is 57.6 Å². The zero-order valence-electron chi connectivity index (χ0n) is 19.0. The summed E-state index contributed by atoms with van der Waals surface area (Å²) in [4.78, 5) is 36.5. The molecule has 1 unspecified atom stereocenters. The van der Waals surface area contributed by atoms with Gasteiger partial charge in [-0.25, -0.2) is 9.59 Å². The molecule has 1 aromatic carbocycles. The molecule has 0 bridgehead atoms. The fourth-order valence-electron chi connectivity index (χ4n) is 3.74. The first-order valence-corrected chi connectivity index (χ1v) is 11.8.